The molecule has 0 spiro atoms. The largest absolute Gasteiger partial charge is 0.359 e. The molecule has 32 heavy (non-hydrogen) atoms. The Morgan fingerprint density at radius 3 is 2.56 bits per heavy atom. The molecule has 0 aliphatic carbocycles. The molecule has 3 aromatic carbocycles. The van der Waals surface area contributed by atoms with Gasteiger partial charge in [-0.25, -0.2) is 9.38 Å². The number of thiocarbonyl (C=S) groups is 1. The van der Waals surface area contributed by atoms with Gasteiger partial charge in [-0.3, -0.25) is 4.79 Å². The van der Waals surface area contributed by atoms with Gasteiger partial charge in [0.1, 0.15) is 5.82 Å². The maximum Gasteiger partial charge on any atom is 0.272 e. The fraction of sp³-hybridized carbons (Fsp3) is 0.125. The molecular formula is C24H20ClFN4OS. The molecule has 0 saturated heterocycles. The van der Waals surface area contributed by atoms with Crippen molar-refractivity contribution in [2.75, 3.05) is 11.9 Å². The molecule has 8 heteroatoms. The number of fused-ring (bicyclic) bond motifs is 1. The van der Waals surface area contributed by atoms with Crippen molar-refractivity contribution in [3.05, 3.63) is 100 Å². The molecule has 5 nitrogen and oxygen atoms in total. The lowest BCUT2D eigenvalue weighted by atomic mass is 10.0. The van der Waals surface area contributed by atoms with E-state index in [9.17, 15) is 9.18 Å². The first kappa shape index (κ1) is 21.9. The van der Waals surface area contributed by atoms with E-state index in [1.165, 1.54) is 12.1 Å². The van der Waals surface area contributed by atoms with Gasteiger partial charge in [-0.15, -0.1) is 0 Å². The molecule has 1 atom stereocenters. The second-order valence-electron chi connectivity index (χ2n) is 7.26. The highest BCUT2D eigenvalue weighted by molar-refractivity contribution is 7.80. The number of hydrogen-bond acceptors (Lipinski definition) is 3. The maximum atomic E-state index is 13.2. The third-order valence-electron chi connectivity index (χ3n) is 5.08. The standard InChI is InChI=1S/C24H20ClFN4OS/c1-30-20-12-9-17(25)13-19(20)21(16-5-3-2-4-6-16)28-22(23(30)31)29-24(32)27-14-15-7-10-18(26)11-8-15/h2-13,22H,14H2,1H3,(H2,27,29,32). The molecule has 4 rings (SSSR count). The van der Waals surface area contributed by atoms with Crippen molar-refractivity contribution < 1.29 is 9.18 Å². The average molecular weight is 467 g/mol. The molecule has 2 N–H and O–H groups in total. The van der Waals surface area contributed by atoms with Crippen LogP contribution in [-0.2, 0) is 11.3 Å². The van der Waals surface area contributed by atoms with Gasteiger partial charge < -0.3 is 15.5 Å². The van der Waals surface area contributed by atoms with Crippen LogP contribution in [0.1, 0.15) is 16.7 Å². The zero-order valence-electron chi connectivity index (χ0n) is 17.2. The SMILES string of the molecule is CN1C(=O)C(NC(=S)NCc2ccc(F)cc2)N=C(c2ccccc2)c2cc(Cl)ccc21. The quantitative estimate of drug-likeness (QED) is 0.563. The van der Waals surface area contributed by atoms with Crippen LogP contribution in [0, 0.1) is 5.82 Å². The third kappa shape index (κ3) is 4.79. The van der Waals surface area contributed by atoms with E-state index in [4.69, 9.17) is 28.8 Å². The Morgan fingerprint density at radius 1 is 1.12 bits per heavy atom. The van der Waals surface area contributed by atoms with Crippen LogP contribution in [-0.4, -0.2) is 29.9 Å². The Morgan fingerprint density at radius 2 is 1.84 bits per heavy atom. The van der Waals surface area contributed by atoms with Crippen LogP contribution < -0.4 is 15.5 Å². The van der Waals surface area contributed by atoms with E-state index in [1.807, 2.05) is 36.4 Å². The van der Waals surface area contributed by atoms with Crippen LogP contribution in [0.3, 0.4) is 0 Å². The summed E-state index contributed by atoms with van der Waals surface area (Å²) in [7, 11) is 1.70. The van der Waals surface area contributed by atoms with Crippen molar-refractivity contribution in [1.29, 1.82) is 0 Å². The number of anilines is 1. The fourth-order valence-corrected chi connectivity index (χ4v) is 3.78. The van der Waals surface area contributed by atoms with Crippen LogP contribution in [0.15, 0.2) is 77.8 Å². The van der Waals surface area contributed by atoms with E-state index < -0.39 is 6.17 Å². The van der Waals surface area contributed by atoms with Crippen molar-refractivity contribution in [2.45, 2.75) is 12.7 Å². The number of nitrogens with one attached hydrogen (secondary N) is 2. The molecule has 1 heterocycles. The second kappa shape index (κ2) is 9.46. The van der Waals surface area contributed by atoms with Crippen molar-refractivity contribution in [3.63, 3.8) is 0 Å². The number of benzene rings is 3. The number of nitrogens with zero attached hydrogens (tertiary/aromatic N) is 2. The number of carbonyl (C=O) groups excluding carboxylic acids is 1. The first-order chi connectivity index (χ1) is 15.4. The highest BCUT2D eigenvalue weighted by Crippen LogP contribution is 2.29. The van der Waals surface area contributed by atoms with Crippen molar-refractivity contribution in [2.24, 2.45) is 4.99 Å². The van der Waals surface area contributed by atoms with Gasteiger partial charge in [-0.2, -0.15) is 0 Å². The number of amides is 1. The summed E-state index contributed by atoms with van der Waals surface area (Å²) in [6, 6.07) is 21.1. The average Bonchev–Trinajstić information content (AvgIpc) is 2.89. The predicted octanol–water partition coefficient (Wildman–Crippen LogP) is 4.28. The van der Waals surface area contributed by atoms with E-state index in [2.05, 4.69) is 10.6 Å². The van der Waals surface area contributed by atoms with Gasteiger partial charge in [-0.1, -0.05) is 54.1 Å². The van der Waals surface area contributed by atoms with Gasteiger partial charge >= 0.3 is 0 Å². The summed E-state index contributed by atoms with van der Waals surface area (Å²) in [6.07, 6.45) is -0.936. The fourth-order valence-electron chi connectivity index (χ4n) is 3.43. The zero-order valence-corrected chi connectivity index (χ0v) is 18.8. The van der Waals surface area contributed by atoms with Crippen LogP contribution in [0.4, 0.5) is 10.1 Å². The van der Waals surface area contributed by atoms with E-state index in [0.29, 0.717) is 23.0 Å². The minimum absolute atomic E-state index is 0.259. The highest BCUT2D eigenvalue weighted by Gasteiger charge is 2.30. The predicted molar refractivity (Wildman–Crippen MR) is 130 cm³/mol. The van der Waals surface area contributed by atoms with Crippen molar-refractivity contribution in [1.82, 2.24) is 10.6 Å². The molecule has 3 aromatic rings. The number of carbonyl (C=O) groups is 1. The first-order valence-electron chi connectivity index (χ1n) is 9.92. The minimum atomic E-state index is -0.936. The van der Waals surface area contributed by atoms with Crippen LogP contribution in [0.2, 0.25) is 5.02 Å². The normalized spacial score (nSPS) is 15.5. The summed E-state index contributed by atoms with van der Waals surface area (Å²) in [6.45, 7) is 0.383. The molecule has 1 unspecified atom stereocenters. The van der Waals surface area contributed by atoms with Gasteiger partial charge in [0.25, 0.3) is 5.91 Å². The summed E-state index contributed by atoms with van der Waals surface area (Å²) in [5, 5.41) is 6.86. The molecule has 1 aliphatic heterocycles. The third-order valence-corrected chi connectivity index (χ3v) is 5.58. The Balaban J connectivity index is 1.62. The van der Waals surface area contributed by atoms with Gasteiger partial charge in [-0.05, 0) is 48.1 Å². The molecule has 1 aliphatic rings. The zero-order chi connectivity index (χ0) is 22.7. The van der Waals surface area contributed by atoms with E-state index in [-0.39, 0.29) is 16.8 Å². The number of rotatable bonds is 4. The maximum absolute atomic E-state index is 13.2. The molecule has 0 fully saturated rings. The smallest absolute Gasteiger partial charge is 0.272 e. The van der Waals surface area contributed by atoms with E-state index >= 15 is 0 Å². The number of hydrogen-bond donors (Lipinski definition) is 2. The number of halogens is 2. The lowest BCUT2D eigenvalue weighted by Crippen LogP contribution is -2.49. The van der Waals surface area contributed by atoms with Crippen LogP contribution in [0.25, 0.3) is 0 Å². The molecule has 162 valence electrons. The van der Waals surface area contributed by atoms with Crippen molar-refractivity contribution >= 4 is 46.2 Å². The monoisotopic (exact) mass is 466 g/mol. The summed E-state index contributed by atoms with van der Waals surface area (Å²) >= 11 is 11.7. The Kier molecular flexibility index (Phi) is 6.48. The van der Waals surface area contributed by atoms with E-state index in [1.54, 1.807) is 36.2 Å². The summed E-state index contributed by atoms with van der Waals surface area (Å²) in [5.41, 5.74) is 3.82. The molecular weight excluding hydrogens is 447 g/mol. The Labute approximate surface area is 195 Å². The van der Waals surface area contributed by atoms with Gasteiger partial charge in [0.15, 0.2) is 5.11 Å². The Bertz CT molecular complexity index is 1180. The molecule has 0 bridgehead atoms. The van der Waals surface area contributed by atoms with Crippen molar-refractivity contribution in [3.8, 4) is 0 Å². The van der Waals surface area contributed by atoms with Gasteiger partial charge in [0, 0.05) is 29.7 Å². The molecule has 0 radical (unpaired) electrons. The molecule has 1 amide bonds. The molecule has 0 saturated carbocycles. The lowest BCUT2D eigenvalue weighted by Gasteiger charge is -2.22. The lowest BCUT2D eigenvalue weighted by molar-refractivity contribution is -0.119. The number of benzodiazepines with no additional fused rings is 1. The van der Waals surface area contributed by atoms with Gasteiger partial charge in [0.05, 0.1) is 11.4 Å². The Hall–Kier alpha value is -3.29. The minimum Gasteiger partial charge on any atom is -0.359 e. The van der Waals surface area contributed by atoms with Crippen LogP contribution >= 0.6 is 23.8 Å². The topological polar surface area (TPSA) is 56.7 Å². The first-order valence-corrected chi connectivity index (χ1v) is 10.7. The number of likely N-dealkylation sites (N-methyl/N-ethyl adjacent to an activating group) is 1. The summed E-state index contributed by atoms with van der Waals surface area (Å²) in [5.74, 6) is -0.561. The van der Waals surface area contributed by atoms with Crippen LogP contribution in [0.5, 0.6) is 0 Å². The van der Waals surface area contributed by atoms with E-state index in [0.717, 1.165) is 16.7 Å². The number of aliphatic imine (C=N–C) groups is 1. The highest BCUT2D eigenvalue weighted by atomic mass is 35.5. The second-order valence-corrected chi connectivity index (χ2v) is 8.10. The summed E-state index contributed by atoms with van der Waals surface area (Å²) in [4.78, 5) is 19.5. The van der Waals surface area contributed by atoms with Gasteiger partial charge in [0.2, 0.25) is 6.17 Å². The molecule has 0 aromatic heterocycles. The summed E-state index contributed by atoms with van der Waals surface area (Å²) < 4.78 is 13.1.